The van der Waals surface area contributed by atoms with Crippen molar-refractivity contribution < 1.29 is 9.90 Å². The highest BCUT2D eigenvalue weighted by Crippen LogP contribution is 2.33. The zero-order valence-electron chi connectivity index (χ0n) is 11.8. The lowest BCUT2D eigenvalue weighted by atomic mass is 9.83. The van der Waals surface area contributed by atoms with E-state index in [9.17, 15) is 9.90 Å². The molecule has 0 aliphatic heterocycles. The number of rotatable bonds is 5. The van der Waals surface area contributed by atoms with E-state index in [0.29, 0.717) is 12.0 Å². The van der Waals surface area contributed by atoms with Crippen molar-refractivity contribution in [2.24, 2.45) is 0 Å². The molecule has 0 aromatic heterocycles. The van der Waals surface area contributed by atoms with E-state index >= 15 is 0 Å². The van der Waals surface area contributed by atoms with Gasteiger partial charge in [-0.25, -0.2) is 0 Å². The number of carboxylic acid groups (broad SMARTS) is 1. The minimum atomic E-state index is -0.776. The topological polar surface area (TPSA) is 49.3 Å². The minimum absolute atomic E-state index is 0.397. The lowest BCUT2D eigenvalue weighted by molar-refractivity contribution is -0.139. The number of aliphatic carboxylic acids is 1. The number of benzene rings is 1. The number of hydrogen-bond acceptors (Lipinski definition) is 2. The van der Waals surface area contributed by atoms with E-state index in [2.05, 4.69) is 17.4 Å². The van der Waals surface area contributed by atoms with Gasteiger partial charge >= 0.3 is 5.97 Å². The van der Waals surface area contributed by atoms with Crippen LogP contribution in [0, 0.1) is 0 Å². The van der Waals surface area contributed by atoms with E-state index in [4.69, 9.17) is 0 Å². The van der Waals surface area contributed by atoms with Gasteiger partial charge in [-0.1, -0.05) is 43.5 Å². The molecule has 0 bridgehead atoms. The molecule has 1 aromatic rings. The van der Waals surface area contributed by atoms with Gasteiger partial charge in [0.2, 0.25) is 0 Å². The molecule has 0 radical (unpaired) electrons. The maximum absolute atomic E-state index is 11.4. The lowest BCUT2D eigenvalue weighted by Crippen LogP contribution is -2.30. The lowest BCUT2D eigenvalue weighted by Gasteiger charge is -2.22. The number of carboxylic acids is 1. The molecular formula is C17H23NO2. The van der Waals surface area contributed by atoms with Crippen LogP contribution in [0.1, 0.15) is 68.0 Å². The highest BCUT2D eigenvalue weighted by atomic mass is 16.4. The molecule has 3 rings (SSSR count). The number of hydrogen-bond donors (Lipinski definition) is 2. The van der Waals surface area contributed by atoms with Crippen molar-refractivity contribution in [3.05, 3.63) is 35.4 Å². The Hall–Kier alpha value is -1.35. The predicted octanol–water partition coefficient (Wildman–Crippen LogP) is 3.61. The van der Waals surface area contributed by atoms with Crippen molar-refractivity contribution in [2.75, 3.05) is 0 Å². The summed E-state index contributed by atoms with van der Waals surface area (Å²) in [5, 5.41) is 12.6. The summed E-state index contributed by atoms with van der Waals surface area (Å²) < 4.78 is 0. The summed E-state index contributed by atoms with van der Waals surface area (Å²) in [4.78, 5) is 11.4. The average molecular weight is 273 g/mol. The highest BCUT2D eigenvalue weighted by Gasteiger charge is 2.29. The largest absolute Gasteiger partial charge is 0.480 e. The Balaban J connectivity index is 1.71. The zero-order chi connectivity index (χ0) is 13.9. The standard InChI is InChI=1S/C17H23NO2/c19-17(20)16(18-15-10-11-15)14-8-6-13(7-9-14)12-4-2-1-3-5-12/h6-9,12,15-16,18H,1-5,10-11H2,(H,19,20). The van der Waals surface area contributed by atoms with Crippen LogP contribution in [-0.2, 0) is 4.79 Å². The van der Waals surface area contributed by atoms with Crippen LogP contribution >= 0.6 is 0 Å². The van der Waals surface area contributed by atoms with E-state index in [1.54, 1.807) is 0 Å². The predicted molar refractivity (Wildman–Crippen MR) is 78.8 cm³/mol. The van der Waals surface area contributed by atoms with E-state index in [1.807, 2.05) is 12.1 Å². The molecule has 2 saturated carbocycles. The summed E-state index contributed by atoms with van der Waals surface area (Å²) in [5.74, 6) is -0.0974. The van der Waals surface area contributed by atoms with Crippen LogP contribution < -0.4 is 5.32 Å². The first-order valence-corrected chi connectivity index (χ1v) is 7.83. The minimum Gasteiger partial charge on any atom is -0.480 e. The van der Waals surface area contributed by atoms with Gasteiger partial charge in [-0.2, -0.15) is 0 Å². The summed E-state index contributed by atoms with van der Waals surface area (Å²) in [7, 11) is 0. The van der Waals surface area contributed by atoms with Crippen molar-refractivity contribution >= 4 is 5.97 Å². The van der Waals surface area contributed by atoms with Crippen LogP contribution in [0.4, 0.5) is 0 Å². The Morgan fingerprint density at radius 3 is 2.25 bits per heavy atom. The average Bonchev–Trinajstić information content (AvgIpc) is 3.30. The molecule has 2 aliphatic rings. The molecule has 0 saturated heterocycles. The quantitative estimate of drug-likeness (QED) is 0.861. The SMILES string of the molecule is O=C(O)C(NC1CC1)c1ccc(C2CCCCC2)cc1. The van der Waals surface area contributed by atoms with E-state index in [-0.39, 0.29) is 0 Å². The van der Waals surface area contributed by atoms with Gasteiger partial charge in [0.15, 0.2) is 0 Å². The van der Waals surface area contributed by atoms with Crippen LogP contribution in [-0.4, -0.2) is 17.1 Å². The molecule has 2 N–H and O–H groups in total. The van der Waals surface area contributed by atoms with Crippen LogP contribution in [0.25, 0.3) is 0 Å². The molecule has 0 spiro atoms. The molecule has 20 heavy (non-hydrogen) atoms. The fourth-order valence-corrected chi connectivity index (χ4v) is 3.19. The molecule has 3 heteroatoms. The first kappa shape index (κ1) is 13.6. The maximum Gasteiger partial charge on any atom is 0.325 e. The molecule has 1 unspecified atom stereocenters. The Labute approximate surface area is 120 Å². The fourth-order valence-electron chi connectivity index (χ4n) is 3.19. The van der Waals surface area contributed by atoms with Crippen molar-refractivity contribution in [3.63, 3.8) is 0 Å². The zero-order valence-corrected chi connectivity index (χ0v) is 11.8. The van der Waals surface area contributed by atoms with Gasteiger partial charge in [0.1, 0.15) is 6.04 Å². The Bertz CT molecular complexity index is 458. The van der Waals surface area contributed by atoms with E-state index in [0.717, 1.165) is 18.4 Å². The van der Waals surface area contributed by atoms with Crippen LogP contribution in [0.5, 0.6) is 0 Å². The summed E-state index contributed by atoms with van der Waals surface area (Å²) >= 11 is 0. The van der Waals surface area contributed by atoms with Crippen LogP contribution in [0.2, 0.25) is 0 Å². The monoisotopic (exact) mass is 273 g/mol. The third-order valence-corrected chi connectivity index (χ3v) is 4.57. The summed E-state index contributed by atoms with van der Waals surface area (Å²) in [6.07, 6.45) is 8.78. The first-order chi connectivity index (χ1) is 9.74. The molecule has 2 aliphatic carbocycles. The molecule has 2 fully saturated rings. The molecular weight excluding hydrogens is 250 g/mol. The normalized spacial score (nSPS) is 21.6. The fraction of sp³-hybridized carbons (Fsp3) is 0.588. The van der Waals surface area contributed by atoms with Crippen LogP contribution in [0.3, 0.4) is 0 Å². The second-order valence-corrected chi connectivity index (χ2v) is 6.21. The van der Waals surface area contributed by atoms with Gasteiger partial charge in [-0.3, -0.25) is 10.1 Å². The van der Waals surface area contributed by atoms with Crippen LogP contribution in [0.15, 0.2) is 24.3 Å². The summed E-state index contributed by atoms with van der Waals surface area (Å²) in [6, 6.07) is 8.11. The number of nitrogens with one attached hydrogen (secondary N) is 1. The molecule has 0 heterocycles. The Morgan fingerprint density at radius 2 is 1.70 bits per heavy atom. The van der Waals surface area contributed by atoms with Crippen molar-refractivity contribution in [2.45, 2.75) is 62.9 Å². The molecule has 108 valence electrons. The second-order valence-electron chi connectivity index (χ2n) is 6.21. The van der Waals surface area contributed by atoms with Crippen molar-refractivity contribution in [3.8, 4) is 0 Å². The smallest absolute Gasteiger partial charge is 0.325 e. The van der Waals surface area contributed by atoms with Gasteiger partial charge in [0, 0.05) is 6.04 Å². The van der Waals surface area contributed by atoms with Crippen molar-refractivity contribution in [1.82, 2.24) is 5.32 Å². The van der Waals surface area contributed by atoms with Gasteiger partial charge in [-0.05, 0) is 42.7 Å². The van der Waals surface area contributed by atoms with Gasteiger partial charge < -0.3 is 5.11 Å². The maximum atomic E-state index is 11.4. The molecule has 0 amide bonds. The molecule has 3 nitrogen and oxygen atoms in total. The molecule has 1 atom stereocenters. The number of carbonyl (C=O) groups is 1. The summed E-state index contributed by atoms with van der Waals surface area (Å²) in [5.41, 5.74) is 2.26. The third kappa shape index (κ3) is 3.21. The Kier molecular flexibility index (Phi) is 4.06. The van der Waals surface area contributed by atoms with Gasteiger partial charge in [-0.15, -0.1) is 0 Å². The Morgan fingerprint density at radius 1 is 1.05 bits per heavy atom. The van der Waals surface area contributed by atoms with E-state index in [1.165, 1.54) is 37.7 Å². The van der Waals surface area contributed by atoms with Gasteiger partial charge in [0.25, 0.3) is 0 Å². The first-order valence-electron chi connectivity index (χ1n) is 7.83. The van der Waals surface area contributed by atoms with Crippen molar-refractivity contribution in [1.29, 1.82) is 0 Å². The van der Waals surface area contributed by atoms with E-state index < -0.39 is 12.0 Å². The molecule has 1 aromatic carbocycles. The summed E-state index contributed by atoms with van der Waals surface area (Å²) in [6.45, 7) is 0. The second kappa shape index (κ2) is 5.96. The highest BCUT2D eigenvalue weighted by molar-refractivity contribution is 5.75. The third-order valence-electron chi connectivity index (χ3n) is 4.57. The van der Waals surface area contributed by atoms with Gasteiger partial charge in [0.05, 0.1) is 0 Å².